The molecule has 126 valence electrons. The van der Waals surface area contributed by atoms with Crippen LogP contribution in [0.2, 0.25) is 13.1 Å². The van der Waals surface area contributed by atoms with Gasteiger partial charge in [-0.15, -0.1) is 0 Å². The van der Waals surface area contributed by atoms with Gasteiger partial charge in [-0.3, -0.25) is 0 Å². The highest BCUT2D eigenvalue weighted by Gasteiger charge is 2.39. The van der Waals surface area contributed by atoms with Crippen molar-refractivity contribution in [1.82, 2.24) is 0 Å². The van der Waals surface area contributed by atoms with Gasteiger partial charge in [-0.1, -0.05) is 26.7 Å². The standard InChI is InChI=1S/C15H21F5OSi/c1-5-7-8-9(6-2)21-22(3,4)15-13(19)11(17)10(16)12(18)14(15)20/h9H,5-8H2,1-4H3. The Morgan fingerprint density at radius 2 is 1.32 bits per heavy atom. The third-order valence-corrected chi connectivity index (χ3v) is 6.17. The van der Waals surface area contributed by atoms with E-state index in [0.29, 0.717) is 12.8 Å². The average Bonchev–Trinajstić information content (AvgIpc) is 2.47. The molecule has 0 bridgehead atoms. The normalized spacial score (nSPS) is 13.5. The number of hydrogen-bond acceptors (Lipinski definition) is 1. The van der Waals surface area contributed by atoms with Gasteiger partial charge in [-0.2, -0.15) is 0 Å². The molecule has 0 aliphatic heterocycles. The van der Waals surface area contributed by atoms with Crippen molar-refractivity contribution in [2.75, 3.05) is 0 Å². The number of hydrogen-bond donors (Lipinski definition) is 0. The molecule has 1 nitrogen and oxygen atoms in total. The van der Waals surface area contributed by atoms with E-state index < -0.39 is 42.6 Å². The van der Waals surface area contributed by atoms with Crippen LogP contribution in [-0.2, 0) is 4.43 Å². The minimum absolute atomic E-state index is 0.253. The Bertz CT molecular complexity index is 504. The van der Waals surface area contributed by atoms with Crippen LogP contribution >= 0.6 is 0 Å². The summed E-state index contributed by atoms with van der Waals surface area (Å²) in [5.74, 6) is -9.53. The molecule has 0 radical (unpaired) electrons. The summed E-state index contributed by atoms with van der Waals surface area (Å²) < 4.78 is 73.5. The van der Waals surface area contributed by atoms with Crippen molar-refractivity contribution < 1.29 is 26.4 Å². The second kappa shape index (κ2) is 7.54. The van der Waals surface area contributed by atoms with Gasteiger partial charge in [0.05, 0.1) is 0 Å². The topological polar surface area (TPSA) is 9.23 Å². The van der Waals surface area contributed by atoms with Crippen LogP contribution in [0, 0.1) is 29.1 Å². The van der Waals surface area contributed by atoms with Gasteiger partial charge in [0.2, 0.25) is 14.1 Å². The lowest BCUT2D eigenvalue weighted by atomic mass is 10.1. The fourth-order valence-corrected chi connectivity index (χ4v) is 4.90. The van der Waals surface area contributed by atoms with Gasteiger partial charge in [-0.25, -0.2) is 22.0 Å². The van der Waals surface area contributed by atoms with E-state index in [1.807, 2.05) is 13.8 Å². The van der Waals surface area contributed by atoms with Gasteiger partial charge in [-0.05, 0) is 25.9 Å². The summed E-state index contributed by atoms with van der Waals surface area (Å²) in [4.78, 5) is 0. The highest BCUT2D eigenvalue weighted by molar-refractivity contribution is 6.84. The molecule has 1 aromatic carbocycles. The predicted molar refractivity (Wildman–Crippen MR) is 78.0 cm³/mol. The van der Waals surface area contributed by atoms with Crippen LogP contribution in [0.1, 0.15) is 39.5 Å². The van der Waals surface area contributed by atoms with Gasteiger partial charge in [0.15, 0.2) is 23.3 Å². The minimum atomic E-state index is -3.28. The van der Waals surface area contributed by atoms with Crippen molar-refractivity contribution in [3.63, 3.8) is 0 Å². The first-order chi connectivity index (χ1) is 10.2. The monoisotopic (exact) mass is 340 g/mol. The largest absolute Gasteiger partial charge is 0.410 e. The lowest BCUT2D eigenvalue weighted by Gasteiger charge is -2.30. The summed E-state index contributed by atoms with van der Waals surface area (Å²) in [6.45, 7) is 6.75. The highest BCUT2D eigenvalue weighted by atomic mass is 28.4. The molecule has 0 spiro atoms. The van der Waals surface area contributed by atoms with Gasteiger partial charge in [0.1, 0.15) is 0 Å². The first kappa shape index (κ1) is 19.1. The van der Waals surface area contributed by atoms with Crippen LogP contribution in [-0.4, -0.2) is 14.4 Å². The zero-order chi connectivity index (χ0) is 17.1. The van der Waals surface area contributed by atoms with Crippen LogP contribution in [0.3, 0.4) is 0 Å². The second-order valence-corrected chi connectivity index (χ2v) is 9.50. The van der Waals surface area contributed by atoms with Gasteiger partial charge < -0.3 is 4.43 Å². The summed E-state index contributed by atoms with van der Waals surface area (Å²) in [6, 6.07) is 0. The molecule has 0 amide bonds. The molecule has 0 N–H and O–H groups in total. The van der Waals surface area contributed by atoms with Crippen LogP contribution in [0.4, 0.5) is 22.0 Å². The highest BCUT2D eigenvalue weighted by Crippen LogP contribution is 2.22. The Hall–Kier alpha value is -0.953. The summed E-state index contributed by atoms with van der Waals surface area (Å²) in [6.07, 6.45) is 2.87. The molecule has 0 heterocycles. The number of unbranched alkanes of at least 4 members (excludes halogenated alkanes) is 1. The lowest BCUT2D eigenvalue weighted by molar-refractivity contribution is 0.178. The van der Waals surface area contributed by atoms with Gasteiger partial charge in [0.25, 0.3) is 0 Å². The molecule has 0 saturated carbocycles. The zero-order valence-electron chi connectivity index (χ0n) is 13.2. The Labute approximate surface area is 128 Å². The Morgan fingerprint density at radius 1 is 0.864 bits per heavy atom. The van der Waals surface area contributed by atoms with Crippen LogP contribution in [0.5, 0.6) is 0 Å². The summed E-state index contributed by atoms with van der Waals surface area (Å²) in [5, 5.41) is -0.793. The molecule has 22 heavy (non-hydrogen) atoms. The fraction of sp³-hybridized carbons (Fsp3) is 0.600. The number of benzene rings is 1. The second-order valence-electron chi connectivity index (χ2n) is 5.75. The third kappa shape index (κ3) is 3.87. The van der Waals surface area contributed by atoms with Crippen molar-refractivity contribution in [3.8, 4) is 0 Å². The summed E-state index contributed by atoms with van der Waals surface area (Å²) in [7, 11) is -3.28. The molecule has 0 aliphatic carbocycles. The smallest absolute Gasteiger partial charge is 0.225 e. The van der Waals surface area contributed by atoms with Crippen LogP contribution in [0.25, 0.3) is 0 Å². The molecule has 0 aromatic heterocycles. The number of halogens is 5. The van der Waals surface area contributed by atoms with E-state index in [0.717, 1.165) is 12.8 Å². The van der Waals surface area contributed by atoms with Gasteiger partial charge >= 0.3 is 0 Å². The molecule has 0 aliphatic rings. The molecule has 1 rings (SSSR count). The van der Waals surface area contributed by atoms with Crippen molar-refractivity contribution in [2.24, 2.45) is 0 Å². The number of rotatable bonds is 7. The SMILES string of the molecule is CCCCC(CC)O[Si](C)(C)c1c(F)c(F)c(F)c(F)c1F. The molecular formula is C15H21F5OSi. The van der Waals surface area contributed by atoms with E-state index in [-0.39, 0.29) is 6.10 Å². The summed E-state index contributed by atoms with van der Waals surface area (Å²) >= 11 is 0. The molecular weight excluding hydrogens is 319 g/mol. The van der Waals surface area contributed by atoms with Crippen molar-refractivity contribution in [3.05, 3.63) is 29.1 Å². The first-order valence-electron chi connectivity index (χ1n) is 7.37. The van der Waals surface area contributed by atoms with E-state index >= 15 is 0 Å². The van der Waals surface area contributed by atoms with E-state index in [2.05, 4.69) is 0 Å². The molecule has 7 heteroatoms. The first-order valence-corrected chi connectivity index (χ1v) is 10.3. The van der Waals surface area contributed by atoms with E-state index in [4.69, 9.17) is 4.43 Å². The van der Waals surface area contributed by atoms with Crippen molar-refractivity contribution >= 4 is 13.5 Å². The van der Waals surface area contributed by atoms with E-state index in [1.165, 1.54) is 13.1 Å². The maximum absolute atomic E-state index is 13.9. The zero-order valence-corrected chi connectivity index (χ0v) is 14.2. The molecule has 1 atom stereocenters. The van der Waals surface area contributed by atoms with E-state index in [9.17, 15) is 22.0 Å². The van der Waals surface area contributed by atoms with E-state index in [1.54, 1.807) is 0 Å². The predicted octanol–water partition coefficient (Wildman–Crippen LogP) is 4.78. The molecule has 0 fully saturated rings. The maximum Gasteiger partial charge on any atom is 0.225 e. The Morgan fingerprint density at radius 3 is 1.73 bits per heavy atom. The summed E-state index contributed by atoms with van der Waals surface area (Å²) in [5.41, 5.74) is 0. The molecule has 1 unspecified atom stereocenters. The fourth-order valence-electron chi connectivity index (χ4n) is 2.39. The lowest BCUT2D eigenvalue weighted by Crippen LogP contribution is -2.51. The van der Waals surface area contributed by atoms with Crippen LogP contribution < -0.4 is 5.19 Å². The average molecular weight is 340 g/mol. The quantitative estimate of drug-likeness (QED) is 0.300. The van der Waals surface area contributed by atoms with Gasteiger partial charge in [0, 0.05) is 11.3 Å². The molecule has 0 saturated heterocycles. The third-order valence-electron chi connectivity index (χ3n) is 3.61. The molecule has 1 aromatic rings. The van der Waals surface area contributed by atoms with Crippen molar-refractivity contribution in [1.29, 1.82) is 0 Å². The minimum Gasteiger partial charge on any atom is -0.410 e. The maximum atomic E-state index is 13.9. The Kier molecular flexibility index (Phi) is 6.55. The Balaban J connectivity index is 3.22. The van der Waals surface area contributed by atoms with Crippen molar-refractivity contribution in [2.45, 2.75) is 58.7 Å². The van der Waals surface area contributed by atoms with Crippen LogP contribution in [0.15, 0.2) is 0 Å².